The van der Waals surface area contributed by atoms with Crippen molar-refractivity contribution in [3.63, 3.8) is 0 Å². The van der Waals surface area contributed by atoms with E-state index in [1.54, 1.807) is 11.8 Å². The average molecular weight is 195 g/mol. The molecule has 0 amide bonds. The standard InChI is InChI=1S/C9H9NS2/c10-5-8-1-3-9(4-2-8)6-12-7-11/h1-4,11H,6-7H2. The smallest absolute Gasteiger partial charge is 0.0991 e. The molecule has 0 unspecified atom stereocenters. The van der Waals surface area contributed by atoms with Gasteiger partial charge in [0.15, 0.2) is 0 Å². The van der Waals surface area contributed by atoms with Crippen molar-refractivity contribution in [1.82, 2.24) is 0 Å². The maximum Gasteiger partial charge on any atom is 0.0991 e. The predicted molar refractivity (Wildman–Crippen MR) is 56.3 cm³/mol. The van der Waals surface area contributed by atoms with E-state index in [9.17, 15) is 0 Å². The van der Waals surface area contributed by atoms with Gasteiger partial charge in [0.1, 0.15) is 0 Å². The van der Waals surface area contributed by atoms with Gasteiger partial charge in [0.05, 0.1) is 11.6 Å². The van der Waals surface area contributed by atoms with Crippen molar-refractivity contribution in [2.24, 2.45) is 0 Å². The van der Waals surface area contributed by atoms with Crippen molar-refractivity contribution in [2.45, 2.75) is 5.75 Å². The Kier molecular flexibility index (Phi) is 4.06. The quantitative estimate of drug-likeness (QED) is 0.592. The topological polar surface area (TPSA) is 23.8 Å². The first-order valence-corrected chi connectivity index (χ1v) is 5.33. The van der Waals surface area contributed by atoms with Gasteiger partial charge in [-0.25, -0.2) is 0 Å². The Hall–Kier alpha value is -0.590. The lowest BCUT2D eigenvalue weighted by molar-refractivity contribution is 1.39. The molecule has 0 saturated carbocycles. The van der Waals surface area contributed by atoms with Gasteiger partial charge in [-0.3, -0.25) is 0 Å². The molecule has 3 heteroatoms. The summed E-state index contributed by atoms with van der Waals surface area (Å²) in [6, 6.07) is 9.73. The zero-order valence-electron chi connectivity index (χ0n) is 6.53. The third kappa shape index (κ3) is 2.80. The molecule has 0 atom stereocenters. The molecular weight excluding hydrogens is 186 g/mol. The molecule has 0 saturated heterocycles. The molecule has 1 aromatic rings. The Balaban J connectivity index is 2.60. The molecule has 12 heavy (non-hydrogen) atoms. The molecule has 0 bridgehead atoms. The lowest BCUT2D eigenvalue weighted by Crippen LogP contribution is -1.80. The molecule has 0 fully saturated rings. The summed E-state index contributed by atoms with van der Waals surface area (Å²) in [5.74, 6) is 0.967. The van der Waals surface area contributed by atoms with E-state index in [-0.39, 0.29) is 0 Å². The minimum atomic E-state index is 0.717. The number of hydrogen-bond donors (Lipinski definition) is 1. The van der Waals surface area contributed by atoms with Crippen LogP contribution in [0.3, 0.4) is 0 Å². The molecule has 0 N–H and O–H groups in total. The lowest BCUT2D eigenvalue weighted by atomic mass is 10.2. The van der Waals surface area contributed by atoms with Crippen LogP contribution in [-0.2, 0) is 5.75 Å². The van der Waals surface area contributed by atoms with Crippen molar-refractivity contribution in [3.05, 3.63) is 35.4 Å². The third-order valence-corrected chi connectivity index (χ3v) is 2.71. The fourth-order valence-electron chi connectivity index (χ4n) is 0.839. The van der Waals surface area contributed by atoms with E-state index in [1.165, 1.54) is 5.56 Å². The Morgan fingerprint density at radius 1 is 1.33 bits per heavy atom. The summed E-state index contributed by atoms with van der Waals surface area (Å²) in [5, 5.41) is 9.37. The second-order valence-electron chi connectivity index (χ2n) is 2.29. The highest BCUT2D eigenvalue weighted by Gasteiger charge is 1.92. The van der Waals surface area contributed by atoms with Crippen LogP contribution in [0.25, 0.3) is 0 Å². The Morgan fingerprint density at radius 3 is 2.50 bits per heavy atom. The summed E-state index contributed by atoms with van der Waals surface area (Å²) in [7, 11) is 0. The number of benzene rings is 1. The van der Waals surface area contributed by atoms with Gasteiger partial charge in [0.2, 0.25) is 0 Å². The van der Waals surface area contributed by atoms with Crippen LogP contribution in [-0.4, -0.2) is 5.08 Å². The number of rotatable bonds is 3. The van der Waals surface area contributed by atoms with Crippen molar-refractivity contribution >= 4 is 24.4 Å². The second-order valence-corrected chi connectivity index (χ2v) is 4.02. The number of hydrogen-bond acceptors (Lipinski definition) is 3. The van der Waals surface area contributed by atoms with Gasteiger partial charge in [-0.05, 0) is 17.7 Å². The predicted octanol–water partition coefficient (Wildman–Crippen LogP) is 2.68. The largest absolute Gasteiger partial charge is 0.192 e. The number of thiol groups is 1. The summed E-state index contributed by atoms with van der Waals surface area (Å²) >= 11 is 5.86. The molecule has 0 aliphatic carbocycles. The van der Waals surface area contributed by atoms with Gasteiger partial charge < -0.3 is 0 Å². The molecule has 0 radical (unpaired) electrons. The van der Waals surface area contributed by atoms with Crippen LogP contribution in [0.4, 0.5) is 0 Å². The minimum Gasteiger partial charge on any atom is -0.192 e. The summed E-state index contributed by atoms with van der Waals surface area (Å²) in [6.45, 7) is 0. The minimum absolute atomic E-state index is 0.717. The van der Waals surface area contributed by atoms with Crippen LogP contribution >= 0.6 is 24.4 Å². The maximum absolute atomic E-state index is 8.54. The highest BCUT2D eigenvalue weighted by molar-refractivity contribution is 8.08. The van der Waals surface area contributed by atoms with E-state index in [4.69, 9.17) is 5.26 Å². The number of nitrogens with zero attached hydrogens (tertiary/aromatic N) is 1. The molecule has 62 valence electrons. The van der Waals surface area contributed by atoms with Gasteiger partial charge in [-0.15, -0.1) is 11.8 Å². The normalized spacial score (nSPS) is 9.33. The van der Waals surface area contributed by atoms with Crippen LogP contribution in [0.15, 0.2) is 24.3 Å². The second kappa shape index (κ2) is 5.13. The zero-order valence-corrected chi connectivity index (χ0v) is 8.24. The molecular formula is C9H9NS2. The summed E-state index contributed by atoms with van der Waals surface area (Å²) in [5.41, 5.74) is 1.96. The lowest BCUT2D eigenvalue weighted by Gasteiger charge is -1.97. The van der Waals surface area contributed by atoms with Gasteiger partial charge in [-0.1, -0.05) is 12.1 Å². The zero-order chi connectivity index (χ0) is 8.81. The van der Waals surface area contributed by atoms with Gasteiger partial charge >= 0.3 is 0 Å². The van der Waals surface area contributed by atoms with Crippen LogP contribution < -0.4 is 0 Å². The van der Waals surface area contributed by atoms with Crippen molar-refractivity contribution in [2.75, 3.05) is 5.08 Å². The Labute approximate surface area is 82.2 Å². The summed E-state index contributed by atoms with van der Waals surface area (Å²) in [6.07, 6.45) is 0. The summed E-state index contributed by atoms with van der Waals surface area (Å²) < 4.78 is 0. The SMILES string of the molecule is N#Cc1ccc(CSCS)cc1. The van der Waals surface area contributed by atoms with Crippen molar-refractivity contribution in [1.29, 1.82) is 5.26 Å². The molecule has 1 rings (SSSR count). The molecule has 0 aliphatic heterocycles. The first-order valence-electron chi connectivity index (χ1n) is 3.54. The van der Waals surface area contributed by atoms with E-state index in [2.05, 4.69) is 18.7 Å². The molecule has 0 heterocycles. The van der Waals surface area contributed by atoms with Crippen LogP contribution in [0.1, 0.15) is 11.1 Å². The van der Waals surface area contributed by atoms with Gasteiger partial charge in [0, 0.05) is 10.8 Å². The van der Waals surface area contributed by atoms with E-state index in [0.29, 0.717) is 0 Å². The Morgan fingerprint density at radius 2 is 2.00 bits per heavy atom. The van der Waals surface area contributed by atoms with Gasteiger partial charge in [-0.2, -0.15) is 17.9 Å². The fraction of sp³-hybridized carbons (Fsp3) is 0.222. The fourth-order valence-corrected chi connectivity index (χ4v) is 1.63. The molecule has 0 aromatic heterocycles. The number of thioether (sulfide) groups is 1. The van der Waals surface area contributed by atoms with Crippen molar-refractivity contribution in [3.8, 4) is 6.07 Å². The molecule has 0 aliphatic rings. The van der Waals surface area contributed by atoms with E-state index >= 15 is 0 Å². The first kappa shape index (κ1) is 9.50. The van der Waals surface area contributed by atoms with Gasteiger partial charge in [0.25, 0.3) is 0 Å². The monoisotopic (exact) mass is 195 g/mol. The van der Waals surface area contributed by atoms with Crippen LogP contribution in [0.2, 0.25) is 0 Å². The average Bonchev–Trinajstić information content (AvgIpc) is 2.15. The first-order chi connectivity index (χ1) is 5.86. The van der Waals surface area contributed by atoms with Crippen LogP contribution in [0.5, 0.6) is 0 Å². The molecule has 1 aromatic carbocycles. The third-order valence-electron chi connectivity index (χ3n) is 1.44. The van der Waals surface area contributed by atoms with Crippen molar-refractivity contribution < 1.29 is 0 Å². The molecule has 1 nitrogen and oxygen atoms in total. The number of nitriles is 1. The highest BCUT2D eigenvalue weighted by atomic mass is 32.2. The van der Waals surface area contributed by atoms with E-state index in [1.807, 2.05) is 24.3 Å². The Bertz CT molecular complexity index is 274. The van der Waals surface area contributed by atoms with Crippen LogP contribution in [0, 0.1) is 11.3 Å². The highest BCUT2D eigenvalue weighted by Crippen LogP contribution is 2.13. The maximum atomic E-state index is 8.54. The summed E-state index contributed by atoms with van der Waals surface area (Å²) in [4.78, 5) is 0. The van der Waals surface area contributed by atoms with E-state index < -0.39 is 0 Å². The molecule has 0 spiro atoms. The van der Waals surface area contributed by atoms with E-state index in [0.717, 1.165) is 16.4 Å².